The second-order valence-corrected chi connectivity index (χ2v) is 4.49. The molecule has 0 aliphatic rings. The van der Waals surface area contributed by atoms with Crippen molar-refractivity contribution in [3.8, 4) is 5.75 Å². The van der Waals surface area contributed by atoms with Gasteiger partial charge >= 0.3 is 0 Å². The van der Waals surface area contributed by atoms with Crippen molar-refractivity contribution >= 4 is 0 Å². The Morgan fingerprint density at radius 1 is 0.882 bits per heavy atom. The summed E-state index contributed by atoms with van der Waals surface area (Å²) >= 11 is 0. The fourth-order valence-corrected chi connectivity index (χ4v) is 2.00. The van der Waals surface area contributed by atoms with Crippen LogP contribution < -0.4 is 4.74 Å². The van der Waals surface area contributed by atoms with Crippen LogP contribution in [-0.2, 0) is 0 Å². The van der Waals surface area contributed by atoms with E-state index in [4.69, 9.17) is 4.74 Å². The average Bonchev–Trinajstić information content (AvgIpc) is 2.28. The van der Waals surface area contributed by atoms with E-state index in [1.165, 1.54) is 16.7 Å². The molecule has 17 heavy (non-hydrogen) atoms. The summed E-state index contributed by atoms with van der Waals surface area (Å²) in [4.78, 5) is 0. The maximum Gasteiger partial charge on any atom is 0.121 e. The zero-order valence-corrected chi connectivity index (χ0v) is 10.6. The normalized spacial score (nSPS) is 12.2. The molecule has 0 saturated carbocycles. The number of rotatable bonds is 3. The first-order chi connectivity index (χ1) is 8.15. The molecule has 88 valence electrons. The van der Waals surface area contributed by atoms with Crippen molar-refractivity contribution in [3.05, 3.63) is 65.2 Å². The first-order valence-corrected chi connectivity index (χ1v) is 5.95. The maximum atomic E-state index is 5.96. The van der Waals surface area contributed by atoms with Crippen molar-refractivity contribution < 1.29 is 4.74 Å². The smallest absolute Gasteiger partial charge is 0.121 e. The molecule has 2 aromatic rings. The van der Waals surface area contributed by atoms with Crippen LogP contribution in [0.15, 0.2) is 48.5 Å². The van der Waals surface area contributed by atoms with Crippen LogP contribution in [0.2, 0.25) is 0 Å². The molecule has 2 aromatic carbocycles. The lowest BCUT2D eigenvalue weighted by Crippen LogP contribution is -2.03. The third kappa shape index (κ3) is 3.10. The quantitative estimate of drug-likeness (QED) is 0.751. The van der Waals surface area contributed by atoms with Gasteiger partial charge in [-0.2, -0.15) is 0 Å². The number of aryl methyl sites for hydroxylation is 2. The van der Waals surface area contributed by atoms with E-state index in [2.05, 4.69) is 51.1 Å². The SMILES string of the molecule is Cc1cc(C)cc(O[C@H](C)c2ccccc2)c1. The average molecular weight is 226 g/mol. The fraction of sp³-hybridized carbons (Fsp3) is 0.250. The molecule has 2 rings (SSSR count). The van der Waals surface area contributed by atoms with E-state index < -0.39 is 0 Å². The van der Waals surface area contributed by atoms with Crippen LogP contribution in [0.4, 0.5) is 0 Å². The van der Waals surface area contributed by atoms with Crippen LogP contribution in [0, 0.1) is 13.8 Å². The Balaban J connectivity index is 2.16. The molecule has 0 unspecified atom stereocenters. The van der Waals surface area contributed by atoms with E-state index in [-0.39, 0.29) is 6.10 Å². The third-order valence-corrected chi connectivity index (χ3v) is 2.78. The Hall–Kier alpha value is -1.76. The Morgan fingerprint density at radius 2 is 1.47 bits per heavy atom. The molecule has 0 fully saturated rings. The molecular formula is C16H18O. The molecule has 1 atom stereocenters. The summed E-state index contributed by atoms with van der Waals surface area (Å²) in [6.45, 7) is 6.26. The molecule has 0 amide bonds. The van der Waals surface area contributed by atoms with Gasteiger partial charge < -0.3 is 4.74 Å². The van der Waals surface area contributed by atoms with Gasteiger partial charge in [-0.3, -0.25) is 0 Å². The second kappa shape index (κ2) is 5.05. The van der Waals surface area contributed by atoms with Gasteiger partial charge in [0, 0.05) is 0 Å². The van der Waals surface area contributed by atoms with Crippen molar-refractivity contribution in [1.82, 2.24) is 0 Å². The predicted octanol–water partition coefficient (Wildman–Crippen LogP) is 4.44. The van der Waals surface area contributed by atoms with Crippen LogP contribution in [0.5, 0.6) is 5.75 Å². The summed E-state index contributed by atoms with van der Waals surface area (Å²) in [6.07, 6.45) is 0.0809. The van der Waals surface area contributed by atoms with Crippen molar-refractivity contribution in [3.63, 3.8) is 0 Å². The topological polar surface area (TPSA) is 9.23 Å². The third-order valence-electron chi connectivity index (χ3n) is 2.78. The number of hydrogen-bond donors (Lipinski definition) is 0. The van der Waals surface area contributed by atoms with Gasteiger partial charge in [0.2, 0.25) is 0 Å². The molecular weight excluding hydrogens is 208 g/mol. The summed E-state index contributed by atoms with van der Waals surface area (Å²) in [5.41, 5.74) is 3.67. The van der Waals surface area contributed by atoms with Gasteiger partial charge in [0.25, 0.3) is 0 Å². The van der Waals surface area contributed by atoms with E-state index in [0.29, 0.717) is 0 Å². The Bertz CT molecular complexity index is 468. The molecule has 0 radical (unpaired) electrons. The monoisotopic (exact) mass is 226 g/mol. The highest BCUT2D eigenvalue weighted by atomic mass is 16.5. The fourth-order valence-electron chi connectivity index (χ4n) is 2.00. The zero-order valence-electron chi connectivity index (χ0n) is 10.6. The Morgan fingerprint density at radius 3 is 2.06 bits per heavy atom. The highest BCUT2D eigenvalue weighted by Crippen LogP contribution is 2.23. The van der Waals surface area contributed by atoms with E-state index >= 15 is 0 Å². The molecule has 1 heteroatoms. The summed E-state index contributed by atoms with van der Waals surface area (Å²) in [5.74, 6) is 0.943. The van der Waals surface area contributed by atoms with Crippen LogP contribution in [-0.4, -0.2) is 0 Å². The molecule has 0 spiro atoms. The number of benzene rings is 2. The van der Waals surface area contributed by atoms with Crippen molar-refractivity contribution in [2.24, 2.45) is 0 Å². The summed E-state index contributed by atoms with van der Waals surface area (Å²) in [6, 6.07) is 16.6. The lowest BCUT2D eigenvalue weighted by molar-refractivity contribution is 0.226. The largest absolute Gasteiger partial charge is 0.486 e. The Labute approximate surface area is 103 Å². The molecule has 0 aliphatic heterocycles. The van der Waals surface area contributed by atoms with Crippen molar-refractivity contribution in [2.75, 3.05) is 0 Å². The number of ether oxygens (including phenoxy) is 1. The molecule has 0 bridgehead atoms. The van der Waals surface area contributed by atoms with Crippen LogP contribution in [0.1, 0.15) is 29.7 Å². The summed E-state index contributed by atoms with van der Waals surface area (Å²) in [5, 5.41) is 0. The summed E-state index contributed by atoms with van der Waals surface area (Å²) < 4.78 is 5.96. The molecule has 0 heterocycles. The van der Waals surface area contributed by atoms with Crippen molar-refractivity contribution in [2.45, 2.75) is 26.9 Å². The summed E-state index contributed by atoms with van der Waals surface area (Å²) in [7, 11) is 0. The first kappa shape index (κ1) is 11.7. The lowest BCUT2D eigenvalue weighted by Gasteiger charge is -2.16. The highest BCUT2D eigenvalue weighted by Gasteiger charge is 2.06. The minimum absolute atomic E-state index is 0.0809. The van der Waals surface area contributed by atoms with Gasteiger partial charge in [0.15, 0.2) is 0 Å². The van der Waals surface area contributed by atoms with Crippen molar-refractivity contribution in [1.29, 1.82) is 0 Å². The van der Waals surface area contributed by atoms with Gasteiger partial charge in [-0.25, -0.2) is 0 Å². The van der Waals surface area contributed by atoms with Gasteiger partial charge in [-0.05, 0) is 49.6 Å². The first-order valence-electron chi connectivity index (χ1n) is 5.95. The highest BCUT2D eigenvalue weighted by molar-refractivity contribution is 5.33. The lowest BCUT2D eigenvalue weighted by atomic mass is 10.1. The second-order valence-electron chi connectivity index (χ2n) is 4.49. The molecule has 0 aromatic heterocycles. The molecule has 1 nitrogen and oxygen atoms in total. The van der Waals surface area contributed by atoms with Crippen LogP contribution >= 0.6 is 0 Å². The molecule has 0 saturated heterocycles. The molecule has 0 aliphatic carbocycles. The number of hydrogen-bond acceptors (Lipinski definition) is 1. The minimum atomic E-state index is 0.0809. The van der Waals surface area contributed by atoms with E-state index in [0.717, 1.165) is 5.75 Å². The predicted molar refractivity (Wildman–Crippen MR) is 71.4 cm³/mol. The van der Waals surface area contributed by atoms with Gasteiger partial charge in [0.1, 0.15) is 11.9 Å². The van der Waals surface area contributed by atoms with E-state index in [1.54, 1.807) is 0 Å². The van der Waals surface area contributed by atoms with Gasteiger partial charge in [-0.15, -0.1) is 0 Å². The maximum absolute atomic E-state index is 5.96. The van der Waals surface area contributed by atoms with Gasteiger partial charge in [0.05, 0.1) is 0 Å². The zero-order chi connectivity index (χ0) is 12.3. The van der Waals surface area contributed by atoms with E-state index in [1.807, 2.05) is 18.2 Å². The Kier molecular flexibility index (Phi) is 3.48. The van der Waals surface area contributed by atoms with Crippen LogP contribution in [0.25, 0.3) is 0 Å². The van der Waals surface area contributed by atoms with Gasteiger partial charge in [-0.1, -0.05) is 36.4 Å². The molecule has 0 N–H and O–H groups in total. The van der Waals surface area contributed by atoms with Crippen LogP contribution in [0.3, 0.4) is 0 Å². The minimum Gasteiger partial charge on any atom is -0.486 e. The standard InChI is InChI=1S/C16H18O/c1-12-9-13(2)11-16(10-12)17-14(3)15-7-5-4-6-8-15/h4-11,14H,1-3H3/t14-/m1/s1. The van der Waals surface area contributed by atoms with E-state index in [9.17, 15) is 0 Å².